The number of piperazine rings is 1. The number of alkyl halides is 3. The van der Waals surface area contributed by atoms with E-state index in [-0.39, 0.29) is 23.4 Å². The van der Waals surface area contributed by atoms with E-state index >= 15 is 0 Å². The second kappa shape index (κ2) is 10.7. The Hall–Kier alpha value is -4.20. The minimum absolute atomic E-state index is 0.0601. The van der Waals surface area contributed by atoms with Gasteiger partial charge in [-0.3, -0.25) is 19.8 Å². The Morgan fingerprint density at radius 1 is 1.05 bits per heavy atom. The Morgan fingerprint density at radius 2 is 1.84 bits per heavy atom. The molecule has 10 heteroatoms. The number of aromatic amines is 1. The highest BCUT2D eigenvalue weighted by Gasteiger charge is 2.34. The molecule has 5 rings (SSSR count). The molecule has 0 bridgehead atoms. The number of pyridine rings is 1. The van der Waals surface area contributed by atoms with E-state index in [0.29, 0.717) is 24.3 Å². The molecule has 0 atom stereocenters. The summed E-state index contributed by atoms with van der Waals surface area (Å²) < 4.78 is 41.7. The highest BCUT2D eigenvalue weighted by Crippen LogP contribution is 2.34. The van der Waals surface area contributed by atoms with Gasteiger partial charge < -0.3 is 10.2 Å². The van der Waals surface area contributed by atoms with Gasteiger partial charge in [-0.2, -0.15) is 18.3 Å². The molecule has 4 aromatic rings. The summed E-state index contributed by atoms with van der Waals surface area (Å²) in [6.07, 6.45) is -1.69. The van der Waals surface area contributed by atoms with E-state index in [2.05, 4.69) is 37.2 Å². The lowest BCUT2D eigenvalue weighted by Crippen LogP contribution is -2.44. The number of carbonyl (C=O) groups excluding carboxylic acids is 1. The quantitative estimate of drug-likeness (QED) is 0.393. The molecule has 194 valence electrons. The SMILES string of the molecule is CN1CCN(Cc2ccc(NC(=O)c3cncc(C#Cc4[nH]nc5ccccc45)c3)cc2C(F)(F)F)CC1. The average molecular weight is 519 g/mol. The van der Waals surface area contributed by atoms with Gasteiger partial charge in [0.1, 0.15) is 5.69 Å². The minimum atomic E-state index is -4.55. The standard InChI is InChI=1S/C28H25F3N6O/c1-36-10-12-37(13-11-36)18-20-7-8-22(15-24(20)28(29,30)31)33-27(38)21-14-19(16-32-17-21)6-9-26-23-4-2-3-5-25(23)34-35-26/h2-5,7-8,14-17H,10-13,18H2,1H3,(H,33,38)(H,34,35). The minimum Gasteiger partial charge on any atom is -0.322 e. The van der Waals surface area contributed by atoms with Gasteiger partial charge in [-0.05, 0) is 48.9 Å². The van der Waals surface area contributed by atoms with Crippen molar-refractivity contribution in [3.63, 3.8) is 0 Å². The summed E-state index contributed by atoms with van der Waals surface area (Å²) in [5.41, 5.74) is 1.58. The maximum Gasteiger partial charge on any atom is 0.416 e. The zero-order valence-electron chi connectivity index (χ0n) is 20.6. The normalized spacial score (nSPS) is 14.7. The van der Waals surface area contributed by atoms with Crippen LogP contribution in [-0.2, 0) is 12.7 Å². The first-order chi connectivity index (χ1) is 18.3. The van der Waals surface area contributed by atoms with Crippen LogP contribution in [0.2, 0.25) is 0 Å². The number of carbonyl (C=O) groups is 1. The number of benzene rings is 2. The monoisotopic (exact) mass is 518 g/mol. The van der Waals surface area contributed by atoms with Crippen LogP contribution in [0.15, 0.2) is 60.9 Å². The van der Waals surface area contributed by atoms with Crippen LogP contribution in [0.5, 0.6) is 0 Å². The number of aromatic nitrogens is 3. The predicted molar refractivity (Wildman–Crippen MR) is 138 cm³/mol. The molecule has 2 aromatic heterocycles. The van der Waals surface area contributed by atoms with E-state index in [9.17, 15) is 18.0 Å². The molecule has 1 aliphatic rings. The number of hydrogen-bond acceptors (Lipinski definition) is 5. The van der Waals surface area contributed by atoms with Crippen molar-refractivity contribution in [2.45, 2.75) is 12.7 Å². The van der Waals surface area contributed by atoms with Crippen LogP contribution in [0.3, 0.4) is 0 Å². The summed E-state index contributed by atoms with van der Waals surface area (Å²) in [5, 5.41) is 10.5. The van der Waals surface area contributed by atoms with E-state index in [0.717, 1.165) is 30.1 Å². The summed E-state index contributed by atoms with van der Waals surface area (Å²) in [4.78, 5) is 21.1. The van der Waals surface area contributed by atoms with Crippen LogP contribution in [-0.4, -0.2) is 64.1 Å². The molecule has 0 aliphatic carbocycles. The number of nitrogens with zero attached hydrogens (tertiary/aromatic N) is 4. The smallest absolute Gasteiger partial charge is 0.322 e. The number of hydrogen-bond donors (Lipinski definition) is 2. The molecule has 1 amide bonds. The number of likely N-dealkylation sites (N-methyl/N-ethyl adjacent to an activating group) is 1. The van der Waals surface area contributed by atoms with E-state index in [1.54, 1.807) is 6.07 Å². The third kappa shape index (κ3) is 5.85. The molecule has 38 heavy (non-hydrogen) atoms. The number of nitrogens with one attached hydrogen (secondary N) is 2. The topological polar surface area (TPSA) is 77.1 Å². The fourth-order valence-corrected chi connectivity index (χ4v) is 4.33. The van der Waals surface area contributed by atoms with Crippen molar-refractivity contribution in [3.05, 3.63) is 88.9 Å². The van der Waals surface area contributed by atoms with Gasteiger partial charge in [0.2, 0.25) is 0 Å². The van der Waals surface area contributed by atoms with Gasteiger partial charge in [0.05, 0.1) is 16.6 Å². The lowest BCUT2D eigenvalue weighted by Gasteiger charge is -2.33. The van der Waals surface area contributed by atoms with Crippen molar-refractivity contribution in [2.24, 2.45) is 0 Å². The van der Waals surface area contributed by atoms with Gasteiger partial charge >= 0.3 is 6.18 Å². The van der Waals surface area contributed by atoms with Crippen LogP contribution < -0.4 is 5.32 Å². The number of halogens is 3. The molecule has 1 aliphatic heterocycles. The second-order valence-electron chi connectivity index (χ2n) is 9.23. The van der Waals surface area contributed by atoms with Gasteiger partial charge in [-0.1, -0.05) is 24.1 Å². The fourth-order valence-electron chi connectivity index (χ4n) is 4.33. The maximum absolute atomic E-state index is 13.9. The molecule has 1 saturated heterocycles. The average Bonchev–Trinajstić information content (AvgIpc) is 3.32. The molecule has 1 fully saturated rings. The van der Waals surface area contributed by atoms with Gasteiger partial charge in [-0.15, -0.1) is 0 Å². The molecule has 7 nitrogen and oxygen atoms in total. The van der Waals surface area contributed by atoms with E-state index in [1.807, 2.05) is 36.2 Å². The van der Waals surface area contributed by atoms with Crippen LogP contribution >= 0.6 is 0 Å². The van der Waals surface area contributed by atoms with Crippen LogP contribution in [0, 0.1) is 11.8 Å². The van der Waals surface area contributed by atoms with E-state index in [4.69, 9.17) is 0 Å². The molecular weight excluding hydrogens is 493 g/mol. The Labute approximate surface area is 217 Å². The Morgan fingerprint density at radius 3 is 2.63 bits per heavy atom. The molecule has 0 radical (unpaired) electrons. The van der Waals surface area contributed by atoms with Crippen molar-refractivity contribution in [2.75, 3.05) is 38.5 Å². The van der Waals surface area contributed by atoms with Gasteiger partial charge in [0, 0.05) is 61.8 Å². The first-order valence-electron chi connectivity index (χ1n) is 12.1. The second-order valence-corrected chi connectivity index (χ2v) is 9.23. The number of amides is 1. The van der Waals surface area contributed by atoms with Crippen molar-refractivity contribution in [3.8, 4) is 11.8 Å². The third-order valence-electron chi connectivity index (χ3n) is 6.46. The Kier molecular flexibility index (Phi) is 7.13. The number of rotatable bonds is 4. The highest BCUT2D eigenvalue weighted by atomic mass is 19.4. The summed E-state index contributed by atoms with van der Waals surface area (Å²) in [5.74, 6) is 5.37. The van der Waals surface area contributed by atoms with Gasteiger partial charge in [0.25, 0.3) is 5.91 Å². The van der Waals surface area contributed by atoms with E-state index in [1.165, 1.54) is 24.5 Å². The lowest BCUT2D eigenvalue weighted by atomic mass is 10.0. The highest BCUT2D eigenvalue weighted by molar-refractivity contribution is 6.04. The number of fused-ring (bicyclic) bond motifs is 1. The Bertz CT molecular complexity index is 1530. The molecule has 0 unspecified atom stereocenters. The molecule has 2 aromatic carbocycles. The summed E-state index contributed by atoms with van der Waals surface area (Å²) in [6, 6.07) is 13.0. The molecule has 3 heterocycles. The molecular formula is C28H25F3N6O. The molecule has 0 spiro atoms. The first kappa shape index (κ1) is 25.4. The van der Waals surface area contributed by atoms with Crippen LogP contribution in [0.25, 0.3) is 10.9 Å². The largest absolute Gasteiger partial charge is 0.416 e. The molecule has 2 N–H and O–H groups in total. The summed E-state index contributed by atoms with van der Waals surface area (Å²) in [6.45, 7) is 3.23. The van der Waals surface area contributed by atoms with Crippen LogP contribution in [0.1, 0.15) is 32.7 Å². The van der Waals surface area contributed by atoms with Crippen molar-refractivity contribution >= 4 is 22.5 Å². The summed E-state index contributed by atoms with van der Waals surface area (Å²) >= 11 is 0. The van der Waals surface area contributed by atoms with Crippen molar-refractivity contribution < 1.29 is 18.0 Å². The zero-order valence-corrected chi connectivity index (χ0v) is 20.6. The fraction of sp³-hybridized carbons (Fsp3) is 0.250. The Balaban J connectivity index is 1.32. The maximum atomic E-state index is 13.9. The first-order valence-corrected chi connectivity index (χ1v) is 12.1. The van der Waals surface area contributed by atoms with Crippen molar-refractivity contribution in [1.29, 1.82) is 0 Å². The van der Waals surface area contributed by atoms with Crippen LogP contribution in [0.4, 0.5) is 18.9 Å². The van der Waals surface area contributed by atoms with Gasteiger partial charge in [0.15, 0.2) is 0 Å². The molecule has 0 saturated carbocycles. The number of H-pyrrole nitrogens is 1. The van der Waals surface area contributed by atoms with Gasteiger partial charge in [-0.25, -0.2) is 0 Å². The van der Waals surface area contributed by atoms with Crippen molar-refractivity contribution in [1.82, 2.24) is 25.0 Å². The number of para-hydroxylation sites is 1. The predicted octanol–water partition coefficient (Wildman–Crippen LogP) is 4.38. The lowest BCUT2D eigenvalue weighted by molar-refractivity contribution is -0.138. The zero-order chi connectivity index (χ0) is 26.7. The van der Waals surface area contributed by atoms with E-state index < -0.39 is 17.6 Å². The number of anilines is 1. The summed E-state index contributed by atoms with van der Waals surface area (Å²) in [7, 11) is 1.99. The third-order valence-corrected chi connectivity index (χ3v) is 6.46.